The monoisotopic (exact) mass is 307 g/mol. The average molecular weight is 308 g/mol. The van der Waals surface area contributed by atoms with Gasteiger partial charge in [-0.3, -0.25) is 0 Å². The Bertz CT molecular complexity index is 551. The minimum atomic E-state index is -0.163. The highest BCUT2D eigenvalue weighted by Gasteiger charge is 2.18. The number of ether oxygens (including phenoxy) is 1. The summed E-state index contributed by atoms with van der Waals surface area (Å²) in [7, 11) is 6.11. The van der Waals surface area contributed by atoms with Gasteiger partial charge in [-0.05, 0) is 44.8 Å². The van der Waals surface area contributed by atoms with Gasteiger partial charge in [0.1, 0.15) is 11.9 Å². The molecular formula is C16H22ClN3O. The van der Waals surface area contributed by atoms with Crippen molar-refractivity contribution in [3.05, 3.63) is 53.1 Å². The number of hydrogen-bond acceptors (Lipinski definition) is 3. The van der Waals surface area contributed by atoms with Crippen molar-refractivity contribution in [2.75, 3.05) is 27.2 Å². The van der Waals surface area contributed by atoms with Gasteiger partial charge in [0.15, 0.2) is 0 Å². The molecule has 0 aliphatic rings. The molecule has 2 aromatic rings. The smallest absolute Gasteiger partial charge is 0.142 e. The Kier molecular flexibility index (Phi) is 5.79. The number of benzene rings is 1. The van der Waals surface area contributed by atoms with Crippen LogP contribution in [0.25, 0.3) is 0 Å². The summed E-state index contributed by atoms with van der Waals surface area (Å²) in [5.74, 6) is 0.905. The van der Waals surface area contributed by atoms with Gasteiger partial charge in [0.05, 0.1) is 0 Å². The lowest BCUT2D eigenvalue weighted by molar-refractivity contribution is 0.0672. The van der Waals surface area contributed by atoms with Gasteiger partial charge in [-0.2, -0.15) is 0 Å². The molecule has 0 fully saturated rings. The zero-order valence-corrected chi connectivity index (χ0v) is 13.5. The molecule has 0 saturated heterocycles. The SMILES string of the molecule is CN(C)CCCOC(c1ccc(Cl)cc1)c1nccn1C. The number of nitrogens with zero attached hydrogens (tertiary/aromatic N) is 3. The predicted octanol–water partition coefficient (Wildman–Crippen LogP) is 3.13. The van der Waals surface area contributed by atoms with Gasteiger partial charge < -0.3 is 14.2 Å². The maximum Gasteiger partial charge on any atom is 0.142 e. The number of imidazole rings is 1. The van der Waals surface area contributed by atoms with Crippen LogP contribution in [0.5, 0.6) is 0 Å². The first-order valence-electron chi connectivity index (χ1n) is 7.07. The molecule has 0 amide bonds. The lowest BCUT2D eigenvalue weighted by Gasteiger charge is -2.19. The fraction of sp³-hybridized carbons (Fsp3) is 0.438. The van der Waals surface area contributed by atoms with Gasteiger partial charge >= 0.3 is 0 Å². The van der Waals surface area contributed by atoms with Crippen LogP contribution in [0.15, 0.2) is 36.7 Å². The quantitative estimate of drug-likeness (QED) is 0.736. The van der Waals surface area contributed by atoms with Gasteiger partial charge in [-0.15, -0.1) is 0 Å². The molecule has 114 valence electrons. The molecule has 2 rings (SSSR count). The van der Waals surface area contributed by atoms with E-state index in [1.165, 1.54) is 0 Å². The molecule has 0 bridgehead atoms. The van der Waals surface area contributed by atoms with Crippen LogP contribution in [0.3, 0.4) is 0 Å². The van der Waals surface area contributed by atoms with E-state index >= 15 is 0 Å². The third-order valence-electron chi connectivity index (χ3n) is 3.30. The molecule has 0 saturated carbocycles. The second-order valence-electron chi connectivity index (χ2n) is 5.36. The third kappa shape index (κ3) is 4.56. The van der Waals surface area contributed by atoms with Crippen LogP contribution in [0.1, 0.15) is 23.9 Å². The maximum absolute atomic E-state index is 6.09. The van der Waals surface area contributed by atoms with E-state index in [2.05, 4.69) is 24.0 Å². The molecule has 1 unspecified atom stereocenters. The van der Waals surface area contributed by atoms with Crippen LogP contribution in [-0.4, -0.2) is 41.7 Å². The average Bonchev–Trinajstić information content (AvgIpc) is 2.86. The second-order valence-corrected chi connectivity index (χ2v) is 5.79. The zero-order valence-electron chi connectivity index (χ0n) is 12.8. The summed E-state index contributed by atoms with van der Waals surface area (Å²) in [4.78, 5) is 6.58. The number of halogens is 1. The van der Waals surface area contributed by atoms with Crippen molar-refractivity contribution >= 4 is 11.6 Å². The third-order valence-corrected chi connectivity index (χ3v) is 3.55. The Morgan fingerprint density at radius 3 is 2.57 bits per heavy atom. The minimum Gasteiger partial charge on any atom is -0.365 e. The predicted molar refractivity (Wildman–Crippen MR) is 85.6 cm³/mol. The van der Waals surface area contributed by atoms with Gasteiger partial charge in [0.25, 0.3) is 0 Å². The molecule has 0 N–H and O–H groups in total. The van der Waals surface area contributed by atoms with Crippen molar-refractivity contribution in [3.8, 4) is 0 Å². The summed E-state index contributed by atoms with van der Waals surface area (Å²) < 4.78 is 8.08. The minimum absolute atomic E-state index is 0.163. The van der Waals surface area contributed by atoms with Crippen LogP contribution in [0.2, 0.25) is 5.02 Å². The van der Waals surface area contributed by atoms with Crippen molar-refractivity contribution in [1.82, 2.24) is 14.5 Å². The topological polar surface area (TPSA) is 30.3 Å². The highest BCUT2D eigenvalue weighted by molar-refractivity contribution is 6.30. The molecule has 5 heteroatoms. The van der Waals surface area contributed by atoms with Crippen molar-refractivity contribution in [1.29, 1.82) is 0 Å². The first-order valence-corrected chi connectivity index (χ1v) is 7.44. The van der Waals surface area contributed by atoms with E-state index in [1.807, 2.05) is 42.1 Å². The largest absolute Gasteiger partial charge is 0.365 e. The van der Waals surface area contributed by atoms with E-state index in [4.69, 9.17) is 16.3 Å². The summed E-state index contributed by atoms with van der Waals surface area (Å²) >= 11 is 5.97. The Labute approximate surface area is 131 Å². The molecule has 1 aromatic carbocycles. The van der Waals surface area contributed by atoms with Crippen LogP contribution in [0, 0.1) is 0 Å². The fourth-order valence-electron chi connectivity index (χ4n) is 2.17. The van der Waals surface area contributed by atoms with E-state index in [0.29, 0.717) is 6.61 Å². The van der Waals surface area contributed by atoms with Gasteiger partial charge in [0.2, 0.25) is 0 Å². The maximum atomic E-state index is 6.09. The Balaban J connectivity index is 2.11. The molecule has 0 aliphatic carbocycles. The van der Waals surface area contributed by atoms with Crippen LogP contribution >= 0.6 is 11.6 Å². The van der Waals surface area contributed by atoms with Crippen LogP contribution in [-0.2, 0) is 11.8 Å². The zero-order chi connectivity index (χ0) is 15.2. The number of rotatable bonds is 7. The molecular weight excluding hydrogens is 286 g/mol. The summed E-state index contributed by atoms with van der Waals surface area (Å²) in [6, 6.07) is 7.76. The van der Waals surface area contributed by atoms with E-state index in [-0.39, 0.29) is 6.10 Å². The van der Waals surface area contributed by atoms with Gasteiger partial charge in [-0.1, -0.05) is 23.7 Å². The fourth-order valence-corrected chi connectivity index (χ4v) is 2.30. The van der Waals surface area contributed by atoms with E-state index in [9.17, 15) is 0 Å². The molecule has 1 atom stereocenters. The number of aromatic nitrogens is 2. The molecule has 0 radical (unpaired) electrons. The number of aryl methyl sites for hydroxylation is 1. The van der Waals surface area contributed by atoms with Gasteiger partial charge in [0, 0.05) is 31.1 Å². The molecule has 4 nitrogen and oxygen atoms in total. The van der Waals surface area contributed by atoms with Crippen molar-refractivity contribution < 1.29 is 4.74 Å². The van der Waals surface area contributed by atoms with Crippen LogP contribution < -0.4 is 0 Å². The summed E-state index contributed by atoms with van der Waals surface area (Å²) in [6.07, 6.45) is 4.55. The highest BCUT2D eigenvalue weighted by atomic mass is 35.5. The van der Waals surface area contributed by atoms with E-state index < -0.39 is 0 Å². The van der Waals surface area contributed by atoms with Crippen LogP contribution in [0.4, 0.5) is 0 Å². The summed E-state index contributed by atoms with van der Waals surface area (Å²) in [5.41, 5.74) is 1.07. The Morgan fingerprint density at radius 1 is 1.29 bits per heavy atom. The molecule has 1 heterocycles. The molecule has 1 aromatic heterocycles. The highest BCUT2D eigenvalue weighted by Crippen LogP contribution is 2.25. The number of hydrogen-bond donors (Lipinski definition) is 0. The summed E-state index contributed by atoms with van der Waals surface area (Å²) in [5, 5.41) is 0.727. The van der Waals surface area contributed by atoms with E-state index in [0.717, 1.165) is 29.4 Å². The van der Waals surface area contributed by atoms with E-state index in [1.54, 1.807) is 6.20 Å². The first kappa shape index (κ1) is 16.0. The summed E-state index contributed by atoms with van der Waals surface area (Å²) in [6.45, 7) is 1.70. The normalized spacial score (nSPS) is 12.8. The Morgan fingerprint density at radius 2 is 2.00 bits per heavy atom. The first-order chi connectivity index (χ1) is 10.1. The van der Waals surface area contributed by atoms with Gasteiger partial charge in [-0.25, -0.2) is 4.98 Å². The molecule has 0 aliphatic heterocycles. The van der Waals surface area contributed by atoms with Crippen molar-refractivity contribution in [2.45, 2.75) is 12.5 Å². The lowest BCUT2D eigenvalue weighted by atomic mass is 10.1. The van der Waals surface area contributed by atoms with Crippen molar-refractivity contribution in [3.63, 3.8) is 0 Å². The molecule has 21 heavy (non-hydrogen) atoms. The Hall–Kier alpha value is -1.36. The lowest BCUT2D eigenvalue weighted by Crippen LogP contribution is -2.17. The molecule has 0 spiro atoms. The standard InChI is InChI=1S/C16H22ClN3O/c1-19(2)10-4-12-21-15(16-18-9-11-20(16)3)13-5-7-14(17)8-6-13/h5-9,11,15H,4,10,12H2,1-3H3. The van der Waals surface area contributed by atoms with Crippen molar-refractivity contribution in [2.24, 2.45) is 7.05 Å². The second kappa shape index (κ2) is 7.59.